The van der Waals surface area contributed by atoms with Crippen LogP contribution in [-0.2, 0) is 13.0 Å². The van der Waals surface area contributed by atoms with Crippen LogP contribution in [-0.4, -0.2) is 46.1 Å². The number of aliphatic hydroxyl groups excluding tert-OH is 1. The lowest BCUT2D eigenvalue weighted by Crippen LogP contribution is -2.33. The Morgan fingerprint density at radius 3 is 2.44 bits per heavy atom. The van der Waals surface area contributed by atoms with Crippen molar-refractivity contribution in [3.8, 4) is 23.1 Å². The van der Waals surface area contributed by atoms with Gasteiger partial charge in [0.2, 0.25) is 5.88 Å². The van der Waals surface area contributed by atoms with Gasteiger partial charge in [-0.15, -0.1) is 6.58 Å². The van der Waals surface area contributed by atoms with E-state index in [0.717, 1.165) is 42.8 Å². The highest BCUT2D eigenvalue weighted by atomic mass is 16.5. The van der Waals surface area contributed by atoms with Gasteiger partial charge in [-0.25, -0.2) is 4.68 Å². The van der Waals surface area contributed by atoms with Crippen molar-refractivity contribution in [3.05, 3.63) is 78.5 Å². The predicted molar refractivity (Wildman–Crippen MR) is 137 cm³/mol. The van der Waals surface area contributed by atoms with Crippen molar-refractivity contribution < 1.29 is 14.6 Å². The first-order valence-corrected chi connectivity index (χ1v) is 12.1. The van der Waals surface area contributed by atoms with E-state index >= 15 is 0 Å². The number of nitrogens with zero attached hydrogens (tertiary/aromatic N) is 3. The minimum absolute atomic E-state index is 0.405. The molecule has 1 atom stereocenters. The van der Waals surface area contributed by atoms with Gasteiger partial charge in [0.15, 0.2) is 11.5 Å². The van der Waals surface area contributed by atoms with Crippen LogP contribution in [0.15, 0.2) is 67.3 Å². The molecule has 6 heteroatoms. The van der Waals surface area contributed by atoms with E-state index in [0.29, 0.717) is 36.9 Å². The lowest BCUT2D eigenvalue weighted by atomic mass is 10.1. The number of hydrogen-bond acceptors (Lipinski definition) is 5. The molecule has 1 N–H and O–H groups in total. The molecule has 182 valence electrons. The molecule has 34 heavy (non-hydrogen) atoms. The van der Waals surface area contributed by atoms with E-state index in [1.54, 1.807) is 7.11 Å². The average molecular weight is 464 g/mol. The third-order valence-corrected chi connectivity index (χ3v) is 5.73. The zero-order valence-electron chi connectivity index (χ0n) is 20.6. The number of para-hydroxylation sites is 3. The van der Waals surface area contributed by atoms with E-state index in [-0.39, 0.29) is 0 Å². The molecule has 0 aliphatic carbocycles. The second kappa shape index (κ2) is 13.0. The van der Waals surface area contributed by atoms with E-state index in [9.17, 15) is 5.11 Å². The number of methoxy groups -OCH3 is 1. The van der Waals surface area contributed by atoms with E-state index < -0.39 is 6.10 Å². The zero-order chi connectivity index (χ0) is 24.3. The molecule has 0 saturated heterocycles. The summed E-state index contributed by atoms with van der Waals surface area (Å²) >= 11 is 0. The Balaban J connectivity index is 2.03. The molecule has 0 saturated carbocycles. The normalized spacial score (nSPS) is 12.0. The zero-order valence-corrected chi connectivity index (χ0v) is 20.6. The molecule has 1 heterocycles. The van der Waals surface area contributed by atoms with Gasteiger partial charge in [-0.1, -0.05) is 50.3 Å². The van der Waals surface area contributed by atoms with Crippen molar-refractivity contribution >= 4 is 0 Å². The number of aliphatic hydroxyl groups is 1. The van der Waals surface area contributed by atoms with Gasteiger partial charge in [-0.2, -0.15) is 5.10 Å². The largest absolute Gasteiger partial charge is 0.493 e. The van der Waals surface area contributed by atoms with Gasteiger partial charge in [-0.05, 0) is 56.5 Å². The van der Waals surface area contributed by atoms with Crippen LogP contribution < -0.4 is 9.47 Å². The highest BCUT2D eigenvalue weighted by molar-refractivity contribution is 5.47. The number of ether oxygens (including phenoxy) is 2. The Morgan fingerprint density at radius 2 is 1.79 bits per heavy atom. The predicted octanol–water partition coefficient (Wildman–Crippen LogP) is 5.77. The van der Waals surface area contributed by atoms with E-state index in [1.165, 1.54) is 0 Å². The van der Waals surface area contributed by atoms with Crippen molar-refractivity contribution in [1.82, 2.24) is 14.7 Å². The minimum atomic E-state index is -0.405. The molecule has 2 aromatic carbocycles. The van der Waals surface area contributed by atoms with Gasteiger partial charge in [0, 0.05) is 13.1 Å². The fourth-order valence-corrected chi connectivity index (χ4v) is 4.05. The van der Waals surface area contributed by atoms with E-state index in [4.69, 9.17) is 14.6 Å². The first-order chi connectivity index (χ1) is 16.6. The SMILES string of the molecule is C=CCCC(O)CN(CCC)Cc1c(CC)nn(-c2ccccc2)c1Oc1ccccc1OC. The molecule has 1 unspecified atom stereocenters. The van der Waals surface area contributed by atoms with Gasteiger partial charge in [0.1, 0.15) is 0 Å². The average Bonchev–Trinajstić information content (AvgIpc) is 3.20. The lowest BCUT2D eigenvalue weighted by molar-refractivity contribution is 0.102. The third-order valence-electron chi connectivity index (χ3n) is 5.73. The van der Waals surface area contributed by atoms with E-state index in [1.807, 2.05) is 65.4 Å². The molecule has 6 nitrogen and oxygen atoms in total. The Kier molecular flexibility index (Phi) is 9.74. The summed E-state index contributed by atoms with van der Waals surface area (Å²) in [4.78, 5) is 2.29. The first kappa shape index (κ1) is 25.5. The van der Waals surface area contributed by atoms with Crippen LogP contribution in [0.4, 0.5) is 0 Å². The molecular weight excluding hydrogens is 426 g/mol. The fraction of sp³-hybridized carbons (Fsp3) is 0.393. The summed E-state index contributed by atoms with van der Waals surface area (Å²) < 4.78 is 13.9. The maximum Gasteiger partial charge on any atom is 0.227 e. The number of allylic oxidation sites excluding steroid dienone is 1. The van der Waals surface area contributed by atoms with Crippen LogP contribution in [0.1, 0.15) is 44.4 Å². The van der Waals surface area contributed by atoms with Crippen molar-refractivity contribution in [3.63, 3.8) is 0 Å². The minimum Gasteiger partial charge on any atom is -0.493 e. The quantitative estimate of drug-likeness (QED) is 0.307. The summed E-state index contributed by atoms with van der Waals surface area (Å²) in [6, 6.07) is 17.7. The fourth-order valence-electron chi connectivity index (χ4n) is 4.05. The molecule has 0 spiro atoms. The Hall–Kier alpha value is -3.09. The Morgan fingerprint density at radius 1 is 1.09 bits per heavy atom. The number of hydrogen-bond donors (Lipinski definition) is 1. The molecule has 0 aliphatic rings. The first-order valence-electron chi connectivity index (χ1n) is 12.1. The number of aryl methyl sites for hydroxylation is 1. The van der Waals surface area contributed by atoms with Crippen molar-refractivity contribution in [2.45, 2.75) is 52.2 Å². The molecule has 0 radical (unpaired) electrons. The molecule has 3 aromatic rings. The number of benzene rings is 2. The third kappa shape index (κ3) is 6.49. The van der Waals surface area contributed by atoms with Gasteiger partial charge in [0.05, 0.1) is 30.2 Å². The second-order valence-corrected chi connectivity index (χ2v) is 8.34. The molecule has 0 amide bonds. The monoisotopic (exact) mass is 463 g/mol. The standard InChI is InChI=1S/C28H37N3O3/c1-5-8-16-23(32)20-30(19-6-2)21-24-25(7-3)29-31(22-14-10-9-11-15-22)28(24)34-27-18-13-12-17-26(27)33-4/h5,9-15,17-18,23,32H,1,6-8,16,19-21H2,2-4H3. The molecule has 0 bridgehead atoms. The Labute approximate surface area is 203 Å². The van der Waals surface area contributed by atoms with Crippen LogP contribution in [0, 0.1) is 0 Å². The Bertz CT molecular complexity index is 1030. The second-order valence-electron chi connectivity index (χ2n) is 8.34. The van der Waals surface area contributed by atoms with Crippen LogP contribution in [0.25, 0.3) is 5.69 Å². The van der Waals surface area contributed by atoms with Gasteiger partial charge >= 0.3 is 0 Å². The van der Waals surface area contributed by atoms with Crippen molar-refractivity contribution in [2.75, 3.05) is 20.2 Å². The van der Waals surface area contributed by atoms with Crippen molar-refractivity contribution in [2.24, 2.45) is 0 Å². The summed E-state index contributed by atoms with van der Waals surface area (Å²) in [7, 11) is 1.64. The van der Waals surface area contributed by atoms with Crippen LogP contribution >= 0.6 is 0 Å². The summed E-state index contributed by atoms with van der Waals surface area (Å²) in [5, 5.41) is 15.5. The summed E-state index contributed by atoms with van der Waals surface area (Å²) in [5.41, 5.74) is 2.94. The van der Waals surface area contributed by atoms with Crippen molar-refractivity contribution in [1.29, 1.82) is 0 Å². The highest BCUT2D eigenvalue weighted by Gasteiger charge is 2.24. The molecule has 3 rings (SSSR count). The maximum absolute atomic E-state index is 10.6. The van der Waals surface area contributed by atoms with Crippen LogP contribution in [0.2, 0.25) is 0 Å². The van der Waals surface area contributed by atoms with E-state index in [2.05, 4.69) is 25.3 Å². The number of rotatable bonds is 14. The molecule has 0 fully saturated rings. The smallest absolute Gasteiger partial charge is 0.227 e. The van der Waals surface area contributed by atoms with Crippen LogP contribution in [0.3, 0.4) is 0 Å². The molecule has 1 aromatic heterocycles. The highest BCUT2D eigenvalue weighted by Crippen LogP contribution is 2.36. The molecule has 0 aliphatic heterocycles. The topological polar surface area (TPSA) is 59.8 Å². The maximum atomic E-state index is 10.6. The van der Waals surface area contributed by atoms with Gasteiger partial charge in [-0.3, -0.25) is 4.90 Å². The van der Waals surface area contributed by atoms with Gasteiger partial charge in [0.25, 0.3) is 0 Å². The summed E-state index contributed by atoms with van der Waals surface area (Å²) in [6.45, 7) is 10.1. The van der Waals surface area contributed by atoms with Crippen LogP contribution in [0.5, 0.6) is 17.4 Å². The lowest BCUT2D eigenvalue weighted by Gasteiger charge is -2.25. The number of aromatic nitrogens is 2. The summed E-state index contributed by atoms with van der Waals surface area (Å²) in [6.07, 6.45) is 4.72. The molecular formula is C28H37N3O3. The van der Waals surface area contributed by atoms with Gasteiger partial charge < -0.3 is 14.6 Å². The summed E-state index contributed by atoms with van der Waals surface area (Å²) in [5.74, 6) is 1.98.